The summed E-state index contributed by atoms with van der Waals surface area (Å²) in [5.74, 6) is 0.725. The highest BCUT2D eigenvalue weighted by Crippen LogP contribution is 2.19. The summed E-state index contributed by atoms with van der Waals surface area (Å²) >= 11 is 1.40. The van der Waals surface area contributed by atoms with Crippen molar-refractivity contribution in [2.75, 3.05) is 0 Å². The van der Waals surface area contributed by atoms with Crippen molar-refractivity contribution < 1.29 is 0 Å². The third-order valence-corrected chi connectivity index (χ3v) is 1.71. The zero-order valence-electron chi connectivity index (χ0n) is 5.74. The van der Waals surface area contributed by atoms with Crippen LogP contribution in [0.5, 0.6) is 0 Å². The Kier molecular flexibility index (Phi) is 2.34. The summed E-state index contributed by atoms with van der Waals surface area (Å²) in [5.41, 5.74) is 1.04. The van der Waals surface area contributed by atoms with Crippen LogP contribution < -0.4 is 0 Å². The molecule has 0 unspecified atom stereocenters. The second kappa shape index (κ2) is 3.27. The normalized spacial score (nSPS) is 10.5. The van der Waals surface area contributed by atoms with E-state index < -0.39 is 0 Å². The second-order valence-corrected chi connectivity index (χ2v) is 2.38. The Bertz CT molecular complexity index is 250. The molecule has 0 amide bonds. The summed E-state index contributed by atoms with van der Waals surface area (Å²) in [4.78, 5) is 3.75. The van der Waals surface area contributed by atoms with Gasteiger partial charge in [-0.1, -0.05) is 12.2 Å². The fraction of sp³-hybridized carbons (Fsp3) is 0.143. The number of aliphatic imine (C=N–C) groups is 1. The maximum absolute atomic E-state index is 4.01. The van der Waals surface area contributed by atoms with Gasteiger partial charge in [-0.15, -0.1) is 0 Å². The van der Waals surface area contributed by atoms with Gasteiger partial charge in [0, 0.05) is 10.9 Å². The first-order valence-electron chi connectivity index (χ1n) is 2.92. The first-order chi connectivity index (χ1) is 4.88. The van der Waals surface area contributed by atoms with Crippen LogP contribution >= 0.6 is 11.5 Å². The van der Waals surface area contributed by atoms with Crippen molar-refractivity contribution in [3.8, 4) is 0 Å². The lowest BCUT2D eigenvalue weighted by Crippen LogP contribution is -1.64. The van der Waals surface area contributed by atoms with Gasteiger partial charge in [0.1, 0.15) is 0 Å². The summed E-state index contributed by atoms with van der Waals surface area (Å²) < 4.78 is 4.01. The van der Waals surface area contributed by atoms with Crippen LogP contribution in [0.2, 0.25) is 0 Å². The second-order valence-electron chi connectivity index (χ2n) is 1.75. The lowest BCUT2D eigenvalue weighted by Gasteiger charge is -1.84. The highest BCUT2D eigenvalue weighted by molar-refractivity contribution is 7.04. The van der Waals surface area contributed by atoms with Crippen molar-refractivity contribution in [3.63, 3.8) is 0 Å². The largest absolute Gasteiger partial charge is 0.244 e. The third-order valence-electron chi connectivity index (χ3n) is 1.07. The molecule has 0 fully saturated rings. The Morgan fingerprint density at radius 2 is 2.60 bits per heavy atom. The molecule has 0 bridgehead atoms. The van der Waals surface area contributed by atoms with Crippen LogP contribution in [0.25, 0.3) is 6.08 Å². The number of hydrogen-bond acceptors (Lipinski definition) is 3. The van der Waals surface area contributed by atoms with Crippen molar-refractivity contribution in [2.24, 2.45) is 4.99 Å². The van der Waals surface area contributed by atoms with Crippen LogP contribution in [0.15, 0.2) is 16.4 Å². The van der Waals surface area contributed by atoms with Gasteiger partial charge in [-0.2, -0.15) is 4.37 Å². The molecule has 0 saturated carbocycles. The number of nitrogens with zero attached hydrogens (tertiary/aromatic N) is 2. The zero-order chi connectivity index (χ0) is 7.40. The van der Waals surface area contributed by atoms with E-state index in [9.17, 15) is 0 Å². The quantitative estimate of drug-likeness (QED) is 0.598. The molecule has 10 heavy (non-hydrogen) atoms. The highest BCUT2D eigenvalue weighted by atomic mass is 32.1. The van der Waals surface area contributed by atoms with E-state index >= 15 is 0 Å². The van der Waals surface area contributed by atoms with Crippen LogP contribution in [0.4, 0.5) is 5.82 Å². The first-order valence-corrected chi connectivity index (χ1v) is 3.76. The topological polar surface area (TPSA) is 25.2 Å². The number of allylic oxidation sites excluding steroid dienone is 1. The molecule has 0 atom stereocenters. The van der Waals surface area contributed by atoms with Gasteiger partial charge in [0.15, 0.2) is 5.82 Å². The van der Waals surface area contributed by atoms with Crippen molar-refractivity contribution in [1.82, 2.24) is 4.37 Å². The Balaban J connectivity index is 3.00. The molecule has 1 aromatic rings. The van der Waals surface area contributed by atoms with Gasteiger partial charge in [0.25, 0.3) is 0 Å². The van der Waals surface area contributed by atoms with E-state index in [0.717, 1.165) is 11.4 Å². The lowest BCUT2D eigenvalue weighted by atomic mass is 10.3. The smallest absolute Gasteiger partial charge is 0.172 e. The fourth-order valence-corrected chi connectivity index (χ4v) is 1.27. The Morgan fingerprint density at radius 1 is 1.80 bits per heavy atom. The summed E-state index contributed by atoms with van der Waals surface area (Å²) in [7, 11) is 0. The molecular weight excluding hydrogens is 144 g/mol. The standard InChI is InChI=1S/C7H8N2S/c1-3-4-6-5-10-9-7(6)8-2/h3-5H,2H2,1H3/b4-3-. The van der Waals surface area contributed by atoms with Crippen LogP contribution in [0.1, 0.15) is 12.5 Å². The Labute approximate surface area is 64.1 Å². The summed E-state index contributed by atoms with van der Waals surface area (Å²) in [6, 6.07) is 0. The van der Waals surface area contributed by atoms with E-state index in [1.807, 2.05) is 24.5 Å². The van der Waals surface area contributed by atoms with Gasteiger partial charge in [-0.05, 0) is 25.2 Å². The summed E-state index contributed by atoms with van der Waals surface area (Å²) in [6.45, 7) is 5.37. The third kappa shape index (κ3) is 1.30. The van der Waals surface area contributed by atoms with Crippen LogP contribution in [-0.2, 0) is 0 Å². The summed E-state index contributed by atoms with van der Waals surface area (Å²) in [6.07, 6.45) is 3.92. The van der Waals surface area contributed by atoms with E-state index in [4.69, 9.17) is 0 Å². The van der Waals surface area contributed by atoms with Gasteiger partial charge in [-0.3, -0.25) is 0 Å². The Hall–Kier alpha value is -0.960. The molecule has 0 N–H and O–H groups in total. The maximum Gasteiger partial charge on any atom is 0.172 e. The molecule has 1 heterocycles. The molecule has 2 nitrogen and oxygen atoms in total. The van der Waals surface area contributed by atoms with Gasteiger partial charge in [0.2, 0.25) is 0 Å². The SMILES string of the molecule is C=Nc1nscc1/C=C\C. The van der Waals surface area contributed by atoms with Gasteiger partial charge in [-0.25, -0.2) is 4.99 Å². The molecule has 0 aliphatic rings. The molecule has 1 rings (SSSR count). The zero-order valence-corrected chi connectivity index (χ0v) is 6.56. The minimum Gasteiger partial charge on any atom is -0.244 e. The fourth-order valence-electron chi connectivity index (χ4n) is 0.652. The number of rotatable bonds is 2. The molecule has 3 heteroatoms. The Morgan fingerprint density at radius 3 is 3.20 bits per heavy atom. The van der Waals surface area contributed by atoms with Crippen molar-refractivity contribution >= 4 is 30.1 Å². The van der Waals surface area contributed by atoms with E-state index in [0.29, 0.717) is 0 Å². The predicted octanol–water partition coefficient (Wildman–Crippen LogP) is 2.51. The van der Waals surface area contributed by atoms with Crippen molar-refractivity contribution in [2.45, 2.75) is 6.92 Å². The molecule has 0 aliphatic heterocycles. The van der Waals surface area contributed by atoms with Crippen LogP contribution in [-0.4, -0.2) is 11.1 Å². The first kappa shape index (κ1) is 7.15. The molecule has 0 aliphatic carbocycles. The highest BCUT2D eigenvalue weighted by Gasteiger charge is 1.96. The van der Waals surface area contributed by atoms with Crippen LogP contribution in [0.3, 0.4) is 0 Å². The molecule has 52 valence electrons. The molecular formula is C7H8N2S. The van der Waals surface area contributed by atoms with Crippen molar-refractivity contribution in [1.29, 1.82) is 0 Å². The van der Waals surface area contributed by atoms with E-state index in [-0.39, 0.29) is 0 Å². The van der Waals surface area contributed by atoms with Gasteiger partial charge < -0.3 is 0 Å². The molecule has 0 radical (unpaired) electrons. The van der Waals surface area contributed by atoms with Gasteiger partial charge >= 0.3 is 0 Å². The van der Waals surface area contributed by atoms with E-state index in [2.05, 4.69) is 16.1 Å². The maximum atomic E-state index is 4.01. The van der Waals surface area contributed by atoms with Crippen LogP contribution in [0, 0.1) is 0 Å². The number of hydrogen-bond donors (Lipinski definition) is 0. The lowest BCUT2D eigenvalue weighted by molar-refractivity contribution is 1.43. The molecule has 0 saturated heterocycles. The van der Waals surface area contributed by atoms with Crippen molar-refractivity contribution in [3.05, 3.63) is 17.0 Å². The van der Waals surface area contributed by atoms with Gasteiger partial charge in [0.05, 0.1) is 0 Å². The summed E-state index contributed by atoms with van der Waals surface area (Å²) in [5, 5.41) is 1.95. The minimum atomic E-state index is 0.725. The molecule has 0 spiro atoms. The molecule has 0 aromatic carbocycles. The molecule has 1 aromatic heterocycles. The monoisotopic (exact) mass is 152 g/mol. The average molecular weight is 152 g/mol. The van der Waals surface area contributed by atoms with E-state index in [1.54, 1.807) is 0 Å². The number of aromatic nitrogens is 1. The minimum absolute atomic E-state index is 0.725. The average Bonchev–Trinajstić information content (AvgIpc) is 2.36. The predicted molar refractivity (Wildman–Crippen MR) is 46.0 cm³/mol. The van der Waals surface area contributed by atoms with E-state index in [1.165, 1.54) is 11.5 Å².